The SMILES string of the molecule is Br.NCCNCCBr. The van der Waals surface area contributed by atoms with E-state index in [9.17, 15) is 0 Å². The summed E-state index contributed by atoms with van der Waals surface area (Å²) in [6, 6.07) is 0. The van der Waals surface area contributed by atoms with Crippen LogP contribution in [-0.2, 0) is 0 Å². The summed E-state index contributed by atoms with van der Waals surface area (Å²) in [4.78, 5) is 0. The number of nitrogens with one attached hydrogen (secondary N) is 1. The standard InChI is InChI=1S/C4H11BrN2.BrH/c5-1-3-7-4-2-6;/h7H,1-4,6H2;1H. The van der Waals surface area contributed by atoms with Crippen molar-refractivity contribution in [2.75, 3.05) is 25.0 Å². The molecule has 4 heteroatoms. The molecule has 0 aliphatic rings. The average molecular weight is 248 g/mol. The third-order valence-electron chi connectivity index (χ3n) is 0.592. The van der Waals surface area contributed by atoms with Crippen molar-refractivity contribution in [1.29, 1.82) is 0 Å². The molecule has 0 atom stereocenters. The fourth-order valence-corrected chi connectivity index (χ4v) is 0.574. The van der Waals surface area contributed by atoms with Crippen LogP contribution in [0.25, 0.3) is 0 Å². The second kappa shape index (κ2) is 10.8. The van der Waals surface area contributed by atoms with E-state index >= 15 is 0 Å². The van der Waals surface area contributed by atoms with Gasteiger partial charge in [-0.25, -0.2) is 0 Å². The summed E-state index contributed by atoms with van der Waals surface area (Å²) in [6.45, 7) is 2.66. The lowest BCUT2D eigenvalue weighted by molar-refractivity contribution is 0.731. The molecule has 0 aliphatic carbocycles. The quantitative estimate of drug-likeness (QED) is 0.561. The molecule has 0 spiro atoms. The molecule has 2 nitrogen and oxygen atoms in total. The van der Waals surface area contributed by atoms with Crippen LogP contribution in [-0.4, -0.2) is 25.0 Å². The molecule has 0 bridgehead atoms. The molecule has 0 aromatic heterocycles. The maximum atomic E-state index is 5.19. The number of hydrogen-bond donors (Lipinski definition) is 2. The summed E-state index contributed by atoms with van der Waals surface area (Å²) < 4.78 is 0. The number of halogens is 2. The second-order valence-electron chi connectivity index (χ2n) is 1.23. The Morgan fingerprint density at radius 2 is 2.00 bits per heavy atom. The Balaban J connectivity index is 0. The number of nitrogens with two attached hydrogens (primary N) is 1. The third kappa shape index (κ3) is 9.99. The first-order valence-electron chi connectivity index (χ1n) is 2.38. The molecule has 0 unspecified atom stereocenters. The number of hydrogen-bond acceptors (Lipinski definition) is 2. The highest BCUT2D eigenvalue weighted by molar-refractivity contribution is 9.09. The Hall–Kier alpha value is 0.880. The largest absolute Gasteiger partial charge is 0.329 e. The van der Waals surface area contributed by atoms with Crippen LogP contribution in [0.3, 0.4) is 0 Å². The summed E-state index contributed by atoms with van der Waals surface area (Å²) in [6.07, 6.45) is 0. The van der Waals surface area contributed by atoms with Crippen LogP contribution in [0.1, 0.15) is 0 Å². The van der Waals surface area contributed by atoms with Gasteiger partial charge in [-0.1, -0.05) is 15.9 Å². The van der Waals surface area contributed by atoms with Crippen molar-refractivity contribution in [3.8, 4) is 0 Å². The van der Waals surface area contributed by atoms with Crippen LogP contribution in [0.2, 0.25) is 0 Å². The predicted molar refractivity (Wildman–Crippen MR) is 46.0 cm³/mol. The minimum absolute atomic E-state index is 0. The van der Waals surface area contributed by atoms with Crippen LogP contribution in [0.15, 0.2) is 0 Å². The zero-order chi connectivity index (χ0) is 5.54. The van der Waals surface area contributed by atoms with Crippen molar-refractivity contribution in [3.63, 3.8) is 0 Å². The molecule has 0 aromatic carbocycles. The molecule has 52 valence electrons. The maximum Gasteiger partial charge on any atom is 0.0157 e. The first-order chi connectivity index (χ1) is 3.41. The van der Waals surface area contributed by atoms with Crippen LogP contribution in [0.4, 0.5) is 0 Å². The molecule has 0 saturated carbocycles. The third-order valence-corrected chi connectivity index (χ3v) is 0.989. The van der Waals surface area contributed by atoms with E-state index < -0.39 is 0 Å². The average Bonchev–Trinajstić information content (AvgIpc) is 1.69. The lowest BCUT2D eigenvalue weighted by atomic mass is 10.6. The summed E-state index contributed by atoms with van der Waals surface area (Å²) >= 11 is 3.28. The van der Waals surface area contributed by atoms with Gasteiger partial charge in [-0.15, -0.1) is 17.0 Å². The summed E-state index contributed by atoms with van der Waals surface area (Å²) in [5.41, 5.74) is 5.19. The van der Waals surface area contributed by atoms with Crippen LogP contribution >= 0.6 is 32.9 Å². The van der Waals surface area contributed by atoms with Crippen LogP contribution in [0, 0.1) is 0 Å². The molecule has 0 aromatic rings. The first kappa shape index (κ1) is 11.6. The van der Waals surface area contributed by atoms with E-state index in [0.717, 1.165) is 25.0 Å². The van der Waals surface area contributed by atoms with Gasteiger partial charge >= 0.3 is 0 Å². The molecule has 0 saturated heterocycles. The Labute approximate surface area is 69.1 Å². The topological polar surface area (TPSA) is 38.0 Å². The van der Waals surface area contributed by atoms with Crippen molar-refractivity contribution >= 4 is 32.9 Å². The molecule has 0 rings (SSSR count). The van der Waals surface area contributed by atoms with Crippen molar-refractivity contribution in [2.45, 2.75) is 0 Å². The number of alkyl halides is 1. The van der Waals surface area contributed by atoms with Gasteiger partial charge < -0.3 is 11.1 Å². The van der Waals surface area contributed by atoms with Crippen molar-refractivity contribution in [2.24, 2.45) is 5.73 Å². The normalized spacial score (nSPS) is 8.25. The first-order valence-corrected chi connectivity index (χ1v) is 3.50. The molecule has 0 fully saturated rings. The smallest absolute Gasteiger partial charge is 0.0157 e. The van der Waals surface area contributed by atoms with Gasteiger partial charge in [0.25, 0.3) is 0 Å². The van der Waals surface area contributed by atoms with Gasteiger partial charge in [0.05, 0.1) is 0 Å². The van der Waals surface area contributed by atoms with Crippen LogP contribution < -0.4 is 11.1 Å². The van der Waals surface area contributed by atoms with E-state index in [0.29, 0.717) is 0 Å². The van der Waals surface area contributed by atoms with Gasteiger partial charge in [-0.3, -0.25) is 0 Å². The molecule has 8 heavy (non-hydrogen) atoms. The van der Waals surface area contributed by atoms with E-state index in [1.165, 1.54) is 0 Å². The van der Waals surface area contributed by atoms with Gasteiger partial charge in [0.15, 0.2) is 0 Å². The Morgan fingerprint density at radius 3 is 2.38 bits per heavy atom. The highest BCUT2D eigenvalue weighted by Gasteiger charge is 1.77. The summed E-state index contributed by atoms with van der Waals surface area (Å²) in [5, 5.41) is 4.12. The maximum absolute atomic E-state index is 5.19. The minimum atomic E-state index is 0. The molecule has 0 heterocycles. The minimum Gasteiger partial charge on any atom is -0.329 e. The molecular weight excluding hydrogens is 236 g/mol. The van der Waals surface area contributed by atoms with Crippen LogP contribution in [0.5, 0.6) is 0 Å². The Kier molecular flexibility index (Phi) is 15.7. The van der Waals surface area contributed by atoms with Gasteiger partial charge in [0.2, 0.25) is 0 Å². The zero-order valence-corrected chi connectivity index (χ0v) is 7.99. The summed E-state index contributed by atoms with van der Waals surface area (Å²) in [7, 11) is 0. The van der Waals surface area contributed by atoms with Crippen molar-refractivity contribution in [3.05, 3.63) is 0 Å². The van der Waals surface area contributed by atoms with Crippen molar-refractivity contribution in [1.82, 2.24) is 5.32 Å². The Bertz CT molecular complexity index is 31.2. The second-order valence-corrected chi connectivity index (χ2v) is 2.02. The molecule has 0 amide bonds. The zero-order valence-electron chi connectivity index (χ0n) is 4.69. The highest BCUT2D eigenvalue weighted by Crippen LogP contribution is 1.72. The van der Waals surface area contributed by atoms with E-state index in [4.69, 9.17) is 5.73 Å². The van der Waals surface area contributed by atoms with E-state index in [-0.39, 0.29) is 17.0 Å². The van der Waals surface area contributed by atoms with Crippen molar-refractivity contribution < 1.29 is 0 Å². The van der Waals surface area contributed by atoms with Gasteiger partial charge in [0.1, 0.15) is 0 Å². The van der Waals surface area contributed by atoms with E-state index in [1.54, 1.807) is 0 Å². The summed E-state index contributed by atoms with van der Waals surface area (Å²) in [5.74, 6) is 0. The lowest BCUT2D eigenvalue weighted by Crippen LogP contribution is -2.23. The van der Waals surface area contributed by atoms with E-state index in [2.05, 4.69) is 21.2 Å². The molecule has 0 aliphatic heterocycles. The monoisotopic (exact) mass is 246 g/mol. The molecule has 0 radical (unpaired) electrons. The van der Waals surface area contributed by atoms with Gasteiger partial charge in [0, 0.05) is 25.0 Å². The Morgan fingerprint density at radius 1 is 1.38 bits per heavy atom. The van der Waals surface area contributed by atoms with E-state index in [1.807, 2.05) is 0 Å². The fraction of sp³-hybridized carbons (Fsp3) is 1.00. The fourth-order valence-electron chi connectivity index (χ4n) is 0.294. The molecular formula is C4H12Br2N2. The van der Waals surface area contributed by atoms with Gasteiger partial charge in [-0.05, 0) is 0 Å². The predicted octanol–water partition coefficient (Wildman–Crippen LogP) is 0.507. The highest BCUT2D eigenvalue weighted by atomic mass is 79.9. The van der Waals surface area contributed by atoms with Gasteiger partial charge in [-0.2, -0.15) is 0 Å². The molecule has 3 N–H and O–H groups in total. The lowest BCUT2D eigenvalue weighted by Gasteiger charge is -1.95. The number of rotatable bonds is 4.